The quantitative estimate of drug-likeness (QED) is 0.837. The highest BCUT2D eigenvalue weighted by molar-refractivity contribution is 6.05. The van der Waals surface area contributed by atoms with Crippen molar-refractivity contribution in [1.29, 1.82) is 0 Å². The van der Waals surface area contributed by atoms with E-state index in [9.17, 15) is 0 Å². The lowest BCUT2D eigenvalue weighted by Gasteiger charge is -2.54. The minimum atomic E-state index is -0.587. The molecule has 1 aromatic rings. The second kappa shape index (κ2) is 6.39. The largest absolute Gasteiger partial charge is 0.493 e. The zero-order valence-corrected chi connectivity index (χ0v) is 16.8. The average molecular weight is 382 g/mol. The first-order chi connectivity index (χ1) is 13.4. The summed E-state index contributed by atoms with van der Waals surface area (Å²) >= 11 is 0. The maximum atomic E-state index is 6.32. The zero-order valence-electron chi connectivity index (χ0n) is 16.8. The van der Waals surface area contributed by atoms with Crippen LogP contribution in [-0.2, 0) is 0 Å². The summed E-state index contributed by atoms with van der Waals surface area (Å²) in [5.41, 5.74) is 12.3. The lowest BCUT2D eigenvalue weighted by molar-refractivity contribution is -0.0529. The van der Waals surface area contributed by atoms with Crippen molar-refractivity contribution in [3.8, 4) is 5.75 Å². The molecule has 0 radical (unpaired) electrons. The maximum absolute atomic E-state index is 6.32. The van der Waals surface area contributed by atoms with Gasteiger partial charge in [-0.3, -0.25) is 4.90 Å². The van der Waals surface area contributed by atoms with Gasteiger partial charge in [-0.05, 0) is 87.7 Å². The Kier molecular flexibility index (Phi) is 4.07. The number of hydrogen-bond donors (Lipinski definition) is 2. The molecular formula is C22H31N5O. The smallest absolute Gasteiger partial charge is 0.220 e. The molecule has 4 fully saturated rings. The Morgan fingerprint density at radius 1 is 1.07 bits per heavy atom. The standard InChI is InChI=1S/C22H31N5O/c1-22(2)26-20(23)25-21(24)27(22)17-4-3-5-18(11-17)28-12-19-15-7-13-6-14(9-15)10-16(19)8-13/h3-5,11,13-16,19H,6-10,12H2,1-2H3,(H4,23,24,25,26). The Morgan fingerprint density at radius 2 is 1.75 bits per heavy atom. The number of nitrogens with two attached hydrogens (primary N) is 2. The Balaban J connectivity index is 1.31. The fourth-order valence-electron chi connectivity index (χ4n) is 6.47. The molecule has 0 saturated heterocycles. The molecule has 0 spiro atoms. The van der Waals surface area contributed by atoms with Gasteiger partial charge in [0.15, 0.2) is 0 Å². The van der Waals surface area contributed by atoms with Crippen LogP contribution in [0.2, 0.25) is 0 Å². The molecule has 1 aliphatic heterocycles. The van der Waals surface area contributed by atoms with Crippen LogP contribution in [0.15, 0.2) is 34.3 Å². The number of nitrogens with zero attached hydrogens (tertiary/aromatic N) is 3. The number of ether oxygens (including phenoxy) is 1. The molecule has 150 valence electrons. The van der Waals surface area contributed by atoms with Crippen molar-refractivity contribution in [1.82, 2.24) is 0 Å². The molecule has 4 bridgehead atoms. The molecule has 0 atom stereocenters. The lowest BCUT2D eigenvalue weighted by Crippen LogP contribution is -2.54. The molecule has 4 N–H and O–H groups in total. The maximum Gasteiger partial charge on any atom is 0.220 e. The van der Waals surface area contributed by atoms with Crippen LogP contribution in [0.4, 0.5) is 5.69 Å². The zero-order chi connectivity index (χ0) is 19.5. The predicted molar refractivity (Wildman–Crippen MR) is 112 cm³/mol. The summed E-state index contributed by atoms with van der Waals surface area (Å²) in [7, 11) is 0. The predicted octanol–water partition coefficient (Wildman–Crippen LogP) is 3.32. The van der Waals surface area contributed by atoms with Crippen molar-refractivity contribution in [3.05, 3.63) is 24.3 Å². The molecule has 0 amide bonds. The summed E-state index contributed by atoms with van der Waals surface area (Å²) in [5, 5.41) is 0. The molecule has 1 heterocycles. The summed E-state index contributed by atoms with van der Waals surface area (Å²) in [5.74, 6) is 5.93. The topological polar surface area (TPSA) is 89.2 Å². The molecule has 6 nitrogen and oxygen atoms in total. The van der Waals surface area contributed by atoms with E-state index >= 15 is 0 Å². The van der Waals surface area contributed by atoms with Crippen molar-refractivity contribution in [3.63, 3.8) is 0 Å². The first-order valence-electron chi connectivity index (χ1n) is 10.6. The molecule has 4 aliphatic carbocycles. The third-order valence-corrected chi connectivity index (χ3v) is 7.33. The SMILES string of the molecule is CC1(C)N=C(N)N=C(N)N1c1cccc(OCC2C3CC4CC(C3)CC2C4)c1. The van der Waals surface area contributed by atoms with E-state index in [-0.39, 0.29) is 5.96 Å². The fraction of sp³-hybridized carbons (Fsp3) is 0.636. The van der Waals surface area contributed by atoms with Gasteiger partial charge in [-0.2, -0.15) is 4.99 Å². The second-order valence-electron chi connectivity index (χ2n) is 9.67. The van der Waals surface area contributed by atoms with Crippen LogP contribution < -0.4 is 21.1 Å². The van der Waals surface area contributed by atoms with Crippen molar-refractivity contribution < 1.29 is 4.74 Å². The minimum absolute atomic E-state index is 0.216. The minimum Gasteiger partial charge on any atom is -0.493 e. The van der Waals surface area contributed by atoms with Gasteiger partial charge in [-0.15, -0.1) is 0 Å². The van der Waals surface area contributed by atoms with Crippen LogP contribution in [0, 0.1) is 29.6 Å². The van der Waals surface area contributed by atoms with Crippen molar-refractivity contribution in [2.24, 2.45) is 51.0 Å². The van der Waals surface area contributed by atoms with E-state index in [4.69, 9.17) is 16.2 Å². The van der Waals surface area contributed by atoms with Gasteiger partial charge in [0.05, 0.1) is 6.61 Å². The number of hydrogen-bond acceptors (Lipinski definition) is 6. The van der Waals surface area contributed by atoms with E-state index in [2.05, 4.69) is 9.98 Å². The van der Waals surface area contributed by atoms with E-state index in [0.29, 0.717) is 5.96 Å². The summed E-state index contributed by atoms with van der Waals surface area (Å²) in [4.78, 5) is 10.5. The van der Waals surface area contributed by atoms with Crippen LogP contribution >= 0.6 is 0 Å². The molecule has 1 aromatic carbocycles. The van der Waals surface area contributed by atoms with Gasteiger partial charge in [0.2, 0.25) is 11.9 Å². The normalized spacial score (nSPS) is 35.5. The van der Waals surface area contributed by atoms with Gasteiger partial charge < -0.3 is 16.2 Å². The van der Waals surface area contributed by atoms with Crippen LogP contribution in [0.25, 0.3) is 0 Å². The molecular weight excluding hydrogens is 350 g/mol. The van der Waals surface area contributed by atoms with Crippen molar-refractivity contribution in [2.45, 2.75) is 51.6 Å². The van der Waals surface area contributed by atoms with Gasteiger partial charge in [0, 0.05) is 11.8 Å². The van der Waals surface area contributed by atoms with Gasteiger partial charge in [0.25, 0.3) is 0 Å². The molecule has 6 heteroatoms. The summed E-state index contributed by atoms with van der Waals surface area (Å²) in [6.45, 7) is 4.78. The first-order valence-corrected chi connectivity index (χ1v) is 10.6. The highest BCUT2D eigenvalue weighted by atomic mass is 16.5. The number of aliphatic imine (C=N–C) groups is 2. The van der Waals surface area contributed by atoms with Gasteiger partial charge in [-0.1, -0.05) is 6.07 Å². The molecule has 4 saturated carbocycles. The van der Waals surface area contributed by atoms with E-state index in [1.165, 1.54) is 32.1 Å². The van der Waals surface area contributed by atoms with Gasteiger partial charge >= 0.3 is 0 Å². The molecule has 5 aliphatic rings. The number of benzene rings is 1. The lowest BCUT2D eigenvalue weighted by atomic mass is 9.52. The first kappa shape index (κ1) is 17.8. The summed E-state index contributed by atoms with van der Waals surface area (Å²) in [6.07, 6.45) is 7.19. The Labute approximate surface area is 167 Å². The van der Waals surface area contributed by atoms with E-state index in [0.717, 1.165) is 47.6 Å². The Hall–Kier alpha value is -2.24. The molecule has 28 heavy (non-hydrogen) atoms. The Bertz CT molecular complexity index is 802. The van der Waals surface area contributed by atoms with E-state index in [1.807, 2.05) is 43.0 Å². The number of anilines is 1. The van der Waals surface area contributed by atoms with Crippen LogP contribution in [0.3, 0.4) is 0 Å². The summed E-state index contributed by atoms with van der Waals surface area (Å²) in [6, 6.07) is 8.09. The van der Waals surface area contributed by atoms with Crippen LogP contribution in [0.5, 0.6) is 5.75 Å². The van der Waals surface area contributed by atoms with Crippen molar-refractivity contribution in [2.75, 3.05) is 11.5 Å². The molecule has 6 rings (SSSR count). The third kappa shape index (κ3) is 3.03. The monoisotopic (exact) mass is 381 g/mol. The van der Waals surface area contributed by atoms with Gasteiger partial charge in [-0.25, -0.2) is 4.99 Å². The highest BCUT2D eigenvalue weighted by Crippen LogP contribution is 2.56. The average Bonchev–Trinajstić information content (AvgIpc) is 2.59. The van der Waals surface area contributed by atoms with Crippen LogP contribution in [0.1, 0.15) is 46.0 Å². The Morgan fingerprint density at radius 3 is 2.39 bits per heavy atom. The van der Waals surface area contributed by atoms with Crippen LogP contribution in [-0.4, -0.2) is 24.2 Å². The van der Waals surface area contributed by atoms with E-state index < -0.39 is 5.66 Å². The summed E-state index contributed by atoms with van der Waals surface area (Å²) < 4.78 is 6.32. The van der Waals surface area contributed by atoms with E-state index in [1.54, 1.807) is 0 Å². The van der Waals surface area contributed by atoms with Crippen molar-refractivity contribution >= 4 is 17.6 Å². The number of rotatable bonds is 4. The highest BCUT2D eigenvalue weighted by Gasteiger charge is 2.48. The fourth-order valence-corrected chi connectivity index (χ4v) is 6.47. The van der Waals surface area contributed by atoms with Gasteiger partial charge in [0.1, 0.15) is 11.4 Å². The molecule has 0 unspecified atom stereocenters. The number of guanidine groups is 2. The second-order valence-corrected chi connectivity index (χ2v) is 9.67. The molecule has 0 aromatic heterocycles. The third-order valence-electron chi connectivity index (χ3n) is 7.33.